The van der Waals surface area contributed by atoms with Crippen molar-refractivity contribution < 1.29 is 4.79 Å². The van der Waals surface area contributed by atoms with Crippen molar-refractivity contribution in [1.29, 1.82) is 0 Å². The molecule has 0 amide bonds. The number of hydrogen-bond acceptors (Lipinski definition) is 3. The first kappa shape index (κ1) is 8.78. The summed E-state index contributed by atoms with van der Waals surface area (Å²) in [6, 6.07) is 5.96. The zero-order valence-electron chi connectivity index (χ0n) is 7.07. The van der Waals surface area contributed by atoms with Gasteiger partial charge in [-0.2, -0.15) is 0 Å². The van der Waals surface area contributed by atoms with Gasteiger partial charge in [0.15, 0.2) is 6.29 Å². The molecule has 1 heterocycles. The second kappa shape index (κ2) is 3.16. The summed E-state index contributed by atoms with van der Waals surface area (Å²) >= 11 is 5.81. The van der Waals surface area contributed by atoms with Gasteiger partial charge in [-0.05, 0) is 30.0 Å². The molecule has 2 rings (SSSR count). The van der Waals surface area contributed by atoms with E-state index in [2.05, 4.69) is 18.7 Å². The number of fused-ring (bicyclic) bond motifs is 1. The zero-order chi connectivity index (χ0) is 9.42. The summed E-state index contributed by atoms with van der Waals surface area (Å²) in [7, 11) is 0. The molecule has 0 aliphatic heterocycles. The number of aryl methyl sites for hydroxylation is 1. The summed E-state index contributed by atoms with van der Waals surface area (Å²) < 4.78 is 1.98. The molecule has 0 aliphatic rings. The summed E-state index contributed by atoms with van der Waals surface area (Å²) in [5, 5.41) is 1.11. The predicted molar refractivity (Wildman–Crippen MR) is 59.2 cm³/mol. The van der Waals surface area contributed by atoms with Crippen molar-refractivity contribution in [2.24, 2.45) is 0 Å². The van der Waals surface area contributed by atoms with Crippen LogP contribution in [0, 0.1) is 6.92 Å². The van der Waals surface area contributed by atoms with Gasteiger partial charge in [0, 0.05) is 10.3 Å². The third-order valence-corrected chi connectivity index (χ3v) is 3.31. The van der Waals surface area contributed by atoms with E-state index in [0.717, 1.165) is 31.7 Å². The quantitative estimate of drug-likeness (QED) is 0.562. The molecule has 0 saturated heterocycles. The summed E-state index contributed by atoms with van der Waals surface area (Å²) in [4.78, 5) is 10.8. The highest BCUT2D eigenvalue weighted by atomic mass is 32.2. The van der Waals surface area contributed by atoms with Crippen molar-refractivity contribution in [3.05, 3.63) is 29.3 Å². The first-order valence-corrected chi connectivity index (χ1v) is 5.15. The number of aldehydes is 1. The molecular weight excluding hydrogens is 200 g/mol. The summed E-state index contributed by atoms with van der Waals surface area (Å²) in [5.74, 6) is 0. The van der Waals surface area contributed by atoms with Crippen molar-refractivity contribution in [2.45, 2.75) is 11.1 Å². The molecule has 3 heteroatoms. The molecular formula is C10H8OS2. The van der Waals surface area contributed by atoms with Crippen LogP contribution < -0.4 is 0 Å². The van der Waals surface area contributed by atoms with Crippen molar-refractivity contribution in [1.82, 2.24) is 0 Å². The molecule has 0 bridgehead atoms. The van der Waals surface area contributed by atoms with E-state index in [1.165, 1.54) is 0 Å². The standard InChI is InChI=1S/C10H8OS2/c1-6-2-7-4-9(12)13-10(7)8(3-6)5-11/h2-5,12H,1H3. The molecule has 13 heavy (non-hydrogen) atoms. The molecule has 2 aromatic rings. The van der Waals surface area contributed by atoms with E-state index in [-0.39, 0.29) is 0 Å². The average molecular weight is 208 g/mol. The van der Waals surface area contributed by atoms with Gasteiger partial charge in [0.1, 0.15) is 0 Å². The molecule has 1 aromatic carbocycles. The van der Waals surface area contributed by atoms with Gasteiger partial charge in [-0.15, -0.1) is 24.0 Å². The van der Waals surface area contributed by atoms with Gasteiger partial charge in [-0.1, -0.05) is 6.07 Å². The lowest BCUT2D eigenvalue weighted by molar-refractivity contribution is 0.112. The largest absolute Gasteiger partial charge is 0.298 e. The first-order chi connectivity index (χ1) is 6.20. The molecule has 0 saturated carbocycles. The third-order valence-electron chi connectivity index (χ3n) is 1.90. The maximum Gasteiger partial charge on any atom is 0.151 e. The fraction of sp³-hybridized carbons (Fsp3) is 0.100. The Labute approximate surface area is 85.8 Å². The summed E-state index contributed by atoms with van der Waals surface area (Å²) in [6.07, 6.45) is 0.902. The van der Waals surface area contributed by atoms with Crippen molar-refractivity contribution in [3.8, 4) is 0 Å². The number of thiol groups is 1. The maximum absolute atomic E-state index is 10.8. The minimum absolute atomic E-state index is 0.764. The Kier molecular flexibility index (Phi) is 2.14. The third kappa shape index (κ3) is 1.49. The molecule has 1 nitrogen and oxygen atoms in total. The van der Waals surface area contributed by atoms with Gasteiger partial charge >= 0.3 is 0 Å². The van der Waals surface area contributed by atoms with Gasteiger partial charge in [0.25, 0.3) is 0 Å². The van der Waals surface area contributed by atoms with Crippen LogP contribution in [-0.4, -0.2) is 6.29 Å². The number of carbonyl (C=O) groups is 1. The van der Waals surface area contributed by atoms with Crippen LogP contribution in [-0.2, 0) is 0 Å². The molecule has 0 unspecified atom stereocenters. The van der Waals surface area contributed by atoms with E-state index in [4.69, 9.17) is 0 Å². The van der Waals surface area contributed by atoms with Crippen molar-refractivity contribution >= 4 is 40.3 Å². The predicted octanol–water partition coefficient (Wildman–Crippen LogP) is 3.31. The molecule has 0 aliphatic carbocycles. The average Bonchev–Trinajstić information content (AvgIpc) is 2.43. The van der Waals surface area contributed by atoms with E-state index in [9.17, 15) is 4.79 Å². The minimum atomic E-state index is 0.764. The lowest BCUT2D eigenvalue weighted by Crippen LogP contribution is -1.81. The summed E-state index contributed by atoms with van der Waals surface area (Å²) in [5.41, 5.74) is 1.88. The molecule has 0 fully saturated rings. The van der Waals surface area contributed by atoms with Crippen LogP contribution in [0.5, 0.6) is 0 Å². The Hall–Kier alpha value is -0.800. The molecule has 66 valence electrons. The highest BCUT2D eigenvalue weighted by molar-refractivity contribution is 7.83. The number of rotatable bonds is 1. The Morgan fingerprint density at radius 3 is 2.85 bits per heavy atom. The highest BCUT2D eigenvalue weighted by Crippen LogP contribution is 2.31. The Bertz CT molecular complexity index is 471. The van der Waals surface area contributed by atoms with Gasteiger partial charge < -0.3 is 0 Å². The van der Waals surface area contributed by atoms with Crippen LogP contribution >= 0.6 is 24.0 Å². The van der Waals surface area contributed by atoms with Crippen molar-refractivity contribution in [3.63, 3.8) is 0 Å². The van der Waals surface area contributed by atoms with Crippen LogP contribution in [0.15, 0.2) is 22.4 Å². The van der Waals surface area contributed by atoms with Crippen LogP contribution in [0.4, 0.5) is 0 Å². The molecule has 0 spiro atoms. The first-order valence-electron chi connectivity index (χ1n) is 3.89. The topological polar surface area (TPSA) is 17.1 Å². The number of carbonyl (C=O) groups excluding carboxylic acids is 1. The van der Waals surface area contributed by atoms with E-state index >= 15 is 0 Å². The molecule has 0 radical (unpaired) electrons. The lowest BCUT2D eigenvalue weighted by atomic mass is 10.1. The second-order valence-corrected chi connectivity index (χ2v) is 4.81. The monoisotopic (exact) mass is 208 g/mol. The normalized spacial score (nSPS) is 10.6. The Morgan fingerprint density at radius 1 is 1.38 bits per heavy atom. The van der Waals surface area contributed by atoms with Crippen LogP contribution in [0.1, 0.15) is 15.9 Å². The smallest absolute Gasteiger partial charge is 0.151 e. The summed E-state index contributed by atoms with van der Waals surface area (Å²) in [6.45, 7) is 1.99. The molecule has 0 N–H and O–H groups in total. The van der Waals surface area contributed by atoms with Crippen LogP contribution in [0.2, 0.25) is 0 Å². The second-order valence-electron chi connectivity index (χ2n) is 2.97. The van der Waals surface area contributed by atoms with Gasteiger partial charge in [-0.25, -0.2) is 0 Å². The van der Waals surface area contributed by atoms with E-state index < -0.39 is 0 Å². The van der Waals surface area contributed by atoms with Crippen LogP contribution in [0.25, 0.3) is 10.1 Å². The van der Waals surface area contributed by atoms with E-state index in [1.807, 2.05) is 19.1 Å². The zero-order valence-corrected chi connectivity index (χ0v) is 8.78. The SMILES string of the molecule is Cc1cc(C=O)c2sc(S)cc2c1. The maximum atomic E-state index is 10.8. The number of hydrogen-bond donors (Lipinski definition) is 1. The van der Waals surface area contributed by atoms with Gasteiger partial charge in [0.2, 0.25) is 0 Å². The fourth-order valence-corrected chi connectivity index (χ4v) is 2.68. The fourth-order valence-electron chi connectivity index (χ4n) is 1.41. The number of thiophene rings is 1. The minimum Gasteiger partial charge on any atom is -0.298 e. The van der Waals surface area contributed by atoms with E-state index in [1.54, 1.807) is 11.3 Å². The number of benzene rings is 1. The van der Waals surface area contributed by atoms with Gasteiger partial charge in [-0.3, -0.25) is 4.79 Å². The molecule has 0 atom stereocenters. The Balaban J connectivity index is 2.88. The Morgan fingerprint density at radius 2 is 2.15 bits per heavy atom. The highest BCUT2D eigenvalue weighted by Gasteiger charge is 2.04. The molecule has 1 aromatic heterocycles. The lowest BCUT2D eigenvalue weighted by Gasteiger charge is -1.96. The van der Waals surface area contributed by atoms with Gasteiger partial charge in [0.05, 0.1) is 4.21 Å². The van der Waals surface area contributed by atoms with Crippen molar-refractivity contribution in [2.75, 3.05) is 0 Å². The van der Waals surface area contributed by atoms with Crippen LogP contribution in [0.3, 0.4) is 0 Å². The van der Waals surface area contributed by atoms with E-state index in [0.29, 0.717) is 0 Å².